The predicted octanol–water partition coefficient (Wildman–Crippen LogP) is 3.63. The van der Waals surface area contributed by atoms with E-state index >= 15 is 0 Å². The standard InChI is InChI=1S/C13H11F3N2S/c14-13(15,16)7-1-2-8-10(5-7)18-11-6-19-4-3-9(11)12(8)17/h1-2,5H,3-4,6H2,(H2,17,18). The number of rotatable bonds is 0. The number of nitrogens with two attached hydrogens (primary N) is 1. The van der Waals surface area contributed by atoms with Crippen LogP contribution in [0.5, 0.6) is 0 Å². The molecule has 2 N–H and O–H groups in total. The fraction of sp³-hybridized carbons (Fsp3) is 0.308. The van der Waals surface area contributed by atoms with Gasteiger partial charge < -0.3 is 5.73 Å². The molecule has 0 fully saturated rings. The van der Waals surface area contributed by atoms with Crippen LogP contribution in [0.4, 0.5) is 18.9 Å². The second-order valence-electron chi connectivity index (χ2n) is 4.48. The van der Waals surface area contributed by atoms with Crippen LogP contribution in [0.2, 0.25) is 0 Å². The SMILES string of the molecule is Nc1c2c(nc3cc(C(F)(F)F)ccc13)CSCC2. The Kier molecular flexibility index (Phi) is 2.85. The van der Waals surface area contributed by atoms with Gasteiger partial charge in [-0.3, -0.25) is 4.98 Å². The number of nitrogens with zero attached hydrogens (tertiary/aromatic N) is 1. The molecule has 6 heteroatoms. The van der Waals surface area contributed by atoms with E-state index in [2.05, 4.69) is 4.98 Å². The highest BCUT2D eigenvalue weighted by Crippen LogP contribution is 2.36. The number of alkyl halides is 3. The van der Waals surface area contributed by atoms with Gasteiger partial charge in [0.25, 0.3) is 0 Å². The third kappa shape index (κ3) is 2.14. The molecule has 0 atom stereocenters. The average molecular weight is 284 g/mol. The summed E-state index contributed by atoms with van der Waals surface area (Å²) in [6.07, 6.45) is -3.52. The number of hydrogen-bond acceptors (Lipinski definition) is 3. The highest BCUT2D eigenvalue weighted by Gasteiger charge is 2.31. The molecule has 0 amide bonds. The zero-order chi connectivity index (χ0) is 13.6. The average Bonchev–Trinajstić information content (AvgIpc) is 2.37. The first-order valence-corrected chi connectivity index (χ1v) is 6.98. The van der Waals surface area contributed by atoms with Gasteiger partial charge in [0, 0.05) is 16.8 Å². The molecule has 2 nitrogen and oxygen atoms in total. The first kappa shape index (κ1) is 12.6. The van der Waals surface area contributed by atoms with E-state index in [0.29, 0.717) is 22.3 Å². The normalized spacial score (nSPS) is 15.5. The van der Waals surface area contributed by atoms with E-state index in [1.165, 1.54) is 6.07 Å². The molecule has 0 unspecified atom stereocenters. The van der Waals surface area contributed by atoms with Crippen LogP contribution < -0.4 is 5.73 Å². The quantitative estimate of drug-likeness (QED) is 0.803. The minimum absolute atomic E-state index is 0.327. The van der Waals surface area contributed by atoms with E-state index in [0.717, 1.165) is 35.6 Å². The molecule has 0 radical (unpaired) electrons. The number of hydrogen-bond donors (Lipinski definition) is 1. The third-order valence-electron chi connectivity index (χ3n) is 3.28. The van der Waals surface area contributed by atoms with E-state index < -0.39 is 11.7 Å². The van der Waals surface area contributed by atoms with Gasteiger partial charge in [-0.05, 0) is 29.9 Å². The minimum Gasteiger partial charge on any atom is -0.398 e. The van der Waals surface area contributed by atoms with Gasteiger partial charge in [-0.1, -0.05) is 6.07 Å². The minimum atomic E-state index is -4.35. The van der Waals surface area contributed by atoms with Crippen molar-refractivity contribution in [1.82, 2.24) is 4.98 Å². The molecule has 2 heterocycles. The van der Waals surface area contributed by atoms with Crippen molar-refractivity contribution in [2.24, 2.45) is 0 Å². The van der Waals surface area contributed by atoms with Crippen LogP contribution in [0, 0.1) is 0 Å². The van der Waals surface area contributed by atoms with E-state index in [9.17, 15) is 13.2 Å². The number of pyridine rings is 1. The van der Waals surface area contributed by atoms with Crippen LogP contribution in [0.25, 0.3) is 10.9 Å². The number of anilines is 1. The zero-order valence-electron chi connectivity index (χ0n) is 9.92. The molecule has 1 aliphatic heterocycles. The van der Waals surface area contributed by atoms with E-state index in [1.807, 2.05) is 0 Å². The maximum absolute atomic E-state index is 12.7. The van der Waals surface area contributed by atoms with Crippen molar-refractivity contribution in [2.45, 2.75) is 18.3 Å². The van der Waals surface area contributed by atoms with E-state index in [4.69, 9.17) is 5.73 Å². The number of benzene rings is 1. The summed E-state index contributed by atoms with van der Waals surface area (Å²) < 4.78 is 38.1. The summed E-state index contributed by atoms with van der Waals surface area (Å²) in [7, 11) is 0. The number of fused-ring (bicyclic) bond motifs is 2. The lowest BCUT2D eigenvalue weighted by Crippen LogP contribution is -2.10. The maximum Gasteiger partial charge on any atom is 0.416 e. The summed E-state index contributed by atoms with van der Waals surface area (Å²) in [5.74, 6) is 1.69. The molecule has 2 aromatic rings. The Hall–Kier alpha value is -1.43. The number of thioether (sulfide) groups is 1. The fourth-order valence-corrected chi connectivity index (χ4v) is 3.23. The van der Waals surface area contributed by atoms with Crippen LogP contribution >= 0.6 is 11.8 Å². The van der Waals surface area contributed by atoms with Gasteiger partial charge in [-0.15, -0.1) is 0 Å². The van der Waals surface area contributed by atoms with Crippen molar-refractivity contribution in [3.8, 4) is 0 Å². The Morgan fingerprint density at radius 1 is 1.26 bits per heavy atom. The summed E-state index contributed by atoms with van der Waals surface area (Å²) in [4.78, 5) is 4.35. The van der Waals surface area contributed by atoms with E-state index in [-0.39, 0.29) is 0 Å². The molecule has 0 saturated heterocycles. The van der Waals surface area contributed by atoms with Gasteiger partial charge >= 0.3 is 6.18 Å². The zero-order valence-corrected chi connectivity index (χ0v) is 10.7. The highest BCUT2D eigenvalue weighted by molar-refractivity contribution is 7.98. The Labute approximate surface area is 112 Å². The number of nitrogen functional groups attached to an aromatic ring is 1. The van der Waals surface area contributed by atoms with Gasteiger partial charge in [0.2, 0.25) is 0 Å². The lowest BCUT2D eigenvalue weighted by atomic mass is 10.0. The largest absolute Gasteiger partial charge is 0.416 e. The van der Waals surface area contributed by atoms with Crippen molar-refractivity contribution in [1.29, 1.82) is 0 Å². The Bertz CT molecular complexity index is 652. The van der Waals surface area contributed by atoms with Crippen molar-refractivity contribution < 1.29 is 13.2 Å². The Morgan fingerprint density at radius 2 is 2.05 bits per heavy atom. The first-order valence-electron chi connectivity index (χ1n) is 5.83. The molecule has 0 bridgehead atoms. The smallest absolute Gasteiger partial charge is 0.398 e. The first-order chi connectivity index (χ1) is 8.97. The molecule has 3 rings (SSSR count). The van der Waals surface area contributed by atoms with E-state index in [1.54, 1.807) is 11.8 Å². The van der Waals surface area contributed by atoms with Crippen LogP contribution in [0.1, 0.15) is 16.8 Å². The summed E-state index contributed by atoms with van der Waals surface area (Å²) in [5.41, 5.74) is 8.10. The fourth-order valence-electron chi connectivity index (χ4n) is 2.30. The summed E-state index contributed by atoms with van der Waals surface area (Å²) in [5, 5.41) is 0.610. The predicted molar refractivity (Wildman–Crippen MR) is 71.0 cm³/mol. The molecule has 1 aliphatic rings. The second kappa shape index (κ2) is 4.30. The summed E-state index contributed by atoms with van der Waals surface area (Å²) >= 11 is 1.72. The Balaban J connectivity index is 2.24. The van der Waals surface area contributed by atoms with Gasteiger partial charge in [-0.25, -0.2) is 0 Å². The van der Waals surface area contributed by atoms with Crippen molar-refractivity contribution in [3.05, 3.63) is 35.0 Å². The van der Waals surface area contributed by atoms with Crippen LogP contribution in [-0.4, -0.2) is 10.7 Å². The molecule has 0 saturated carbocycles. The van der Waals surface area contributed by atoms with Crippen LogP contribution in [0.3, 0.4) is 0 Å². The second-order valence-corrected chi connectivity index (χ2v) is 5.59. The molecule has 19 heavy (non-hydrogen) atoms. The summed E-state index contributed by atoms with van der Waals surface area (Å²) in [6.45, 7) is 0. The van der Waals surface area contributed by atoms with Crippen molar-refractivity contribution >= 4 is 28.4 Å². The lowest BCUT2D eigenvalue weighted by Gasteiger charge is -2.18. The number of aromatic nitrogens is 1. The molecule has 0 spiro atoms. The molecule has 0 aliphatic carbocycles. The van der Waals surface area contributed by atoms with Gasteiger partial charge in [0.15, 0.2) is 0 Å². The highest BCUT2D eigenvalue weighted by atomic mass is 32.2. The summed E-state index contributed by atoms with van der Waals surface area (Å²) in [6, 6.07) is 3.55. The van der Waals surface area contributed by atoms with Crippen molar-refractivity contribution in [2.75, 3.05) is 11.5 Å². The number of halogens is 3. The molecular formula is C13H11F3N2S. The van der Waals surface area contributed by atoms with Crippen LogP contribution in [-0.2, 0) is 18.3 Å². The molecule has 1 aromatic heterocycles. The van der Waals surface area contributed by atoms with Gasteiger partial charge in [0.05, 0.1) is 16.8 Å². The van der Waals surface area contributed by atoms with Crippen molar-refractivity contribution in [3.63, 3.8) is 0 Å². The maximum atomic E-state index is 12.7. The monoisotopic (exact) mass is 284 g/mol. The third-order valence-corrected chi connectivity index (χ3v) is 4.25. The molecule has 100 valence electrons. The van der Waals surface area contributed by atoms with Gasteiger partial charge in [0.1, 0.15) is 0 Å². The molecule has 1 aromatic carbocycles. The van der Waals surface area contributed by atoms with Crippen LogP contribution in [0.15, 0.2) is 18.2 Å². The molecular weight excluding hydrogens is 273 g/mol. The van der Waals surface area contributed by atoms with Gasteiger partial charge in [-0.2, -0.15) is 24.9 Å². The topological polar surface area (TPSA) is 38.9 Å². The Morgan fingerprint density at radius 3 is 2.79 bits per heavy atom. The lowest BCUT2D eigenvalue weighted by molar-refractivity contribution is -0.137.